The summed E-state index contributed by atoms with van der Waals surface area (Å²) < 4.78 is 5.20. The first-order valence-electron chi connectivity index (χ1n) is 6.44. The zero-order chi connectivity index (χ0) is 15.6. The molecule has 0 aliphatic rings. The number of nitrogen functional groups attached to an aromatic ring is 1. The number of carbonyl (C=O) groups is 1. The number of hydrogen-bond acceptors (Lipinski definition) is 3. The molecule has 0 fully saturated rings. The lowest BCUT2D eigenvalue weighted by molar-refractivity contribution is 0.102. The van der Waals surface area contributed by atoms with Crippen LogP contribution in [0.25, 0.3) is 0 Å². The van der Waals surface area contributed by atoms with Crippen molar-refractivity contribution in [2.75, 3.05) is 18.2 Å². The first-order chi connectivity index (χ1) is 9.92. The van der Waals surface area contributed by atoms with Crippen LogP contribution < -0.4 is 15.8 Å². The summed E-state index contributed by atoms with van der Waals surface area (Å²) >= 11 is 5.90. The summed E-state index contributed by atoms with van der Waals surface area (Å²) in [6.45, 7) is 3.80. The van der Waals surface area contributed by atoms with Gasteiger partial charge in [0.05, 0.1) is 12.7 Å². The SMILES string of the molecule is COc1cc(Cl)ccc1C(=O)Nc1c(C)cc(N)cc1C. The van der Waals surface area contributed by atoms with Crippen LogP contribution in [0.3, 0.4) is 0 Å². The summed E-state index contributed by atoms with van der Waals surface area (Å²) in [5.74, 6) is 0.185. The molecule has 0 heterocycles. The lowest BCUT2D eigenvalue weighted by Crippen LogP contribution is -2.15. The molecule has 0 saturated carbocycles. The largest absolute Gasteiger partial charge is 0.496 e. The van der Waals surface area contributed by atoms with Gasteiger partial charge >= 0.3 is 0 Å². The van der Waals surface area contributed by atoms with Gasteiger partial charge in [-0.3, -0.25) is 4.79 Å². The molecule has 0 bridgehead atoms. The number of nitrogens with one attached hydrogen (secondary N) is 1. The molecule has 0 saturated heterocycles. The smallest absolute Gasteiger partial charge is 0.259 e. The van der Waals surface area contributed by atoms with E-state index in [2.05, 4.69) is 5.32 Å². The van der Waals surface area contributed by atoms with Crippen molar-refractivity contribution in [2.45, 2.75) is 13.8 Å². The third-order valence-electron chi connectivity index (χ3n) is 3.20. The minimum absolute atomic E-state index is 0.250. The topological polar surface area (TPSA) is 64.3 Å². The average molecular weight is 305 g/mol. The van der Waals surface area contributed by atoms with Crippen molar-refractivity contribution in [1.82, 2.24) is 0 Å². The molecule has 0 radical (unpaired) electrons. The summed E-state index contributed by atoms with van der Waals surface area (Å²) in [6, 6.07) is 8.54. The summed E-state index contributed by atoms with van der Waals surface area (Å²) in [7, 11) is 1.50. The first kappa shape index (κ1) is 15.2. The number of halogens is 1. The molecule has 5 heteroatoms. The van der Waals surface area contributed by atoms with Gasteiger partial charge in [0.1, 0.15) is 5.75 Å². The fourth-order valence-electron chi connectivity index (χ4n) is 2.23. The molecule has 21 heavy (non-hydrogen) atoms. The molecule has 2 rings (SSSR count). The van der Waals surface area contributed by atoms with Gasteiger partial charge in [-0.15, -0.1) is 0 Å². The van der Waals surface area contributed by atoms with Crippen LogP contribution in [0.4, 0.5) is 11.4 Å². The van der Waals surface area contributed by atoms with Gasteiger partial charge in [0.15, 0.2) is 0 Å². The second kappa shape index (κ2) is 6.06. The Morgan fingerprint density at radius 2 is 1.81 bits per heavy atom. The number of hydrogen-bond donors (Lipinski definition) is 2. The van der Waals surface area contributed by atoms with Crippen molar-refractivity contribution < 1.29 is 9.53 Å². The van der Waals surface area contributed by atoms with Gasteiger partial charge < -0.3 is 15.8 Å². The van der Waals surface area contributed by atoms with E-state index in [4.69, 9.17) is 22.1 Å². The average Bonchev–Trinajstić information content (AvgIpc) is 2.42. The molecule has 2 aromatic carbocycles. The van der Waals surface area contributed by atoms with Gasteiger partial charge in [0.25, 0.3) is 5.91 Å². The van der Waals surface area contributed by atoms with Crippen molar-refractivity contribution in [3.05, 3.63) is 52.0 Å². The monoisotopic (exact) mass is 304 g/mol. The number of rotatable bonds is 3. The Bertz CT molecular complexity index is 676. The van der Waals surface area contributed by atoms with Crippen molar-refractivity contribution >= 4 is 28.9 Å². The lowest BCUT2D eigenvalue weighted by Gasteiger charge is -2.14. The molecule has 0 aromatic heterocycles. The van der Waals surface area contributed by atoms with Gasteiger partial charge in [-0.25, -0.2) is 0 Å². The van der Waals surface area contributed by atoms with Crippen LogP contribution in [-0.2, 0) is 0 Å². The molecule has 4 nitrogen and oxygen atoms in total. The number of anilines is 2. The molecule has 110 valence electrons. The van der Waals surface area contributed by atoms with E-state index in [-0.39, 0.29) is 5.91 Å². The van der Waals surface area contributed by atoms with Crippen LogP contribution in [0.15, 0.2) is 30.3 Å². The molecule has 1 amide bonds. The van der Waals surface area contributed by atoms with Crippen LogP contribution in [0.1, 0.15) is 21.5 Å². The number of methoxy groups -OCH3 is 1. The normalized spacial score (nSPS) is 10.3. The predicted molar refractivity (Wildman–Crippen MR) is 86.3 cm³/mol. The Morgan fingerprint density at radius 1 is 1.19 bits per heavy atom. The Kier molecular flexibility index (Phi) is 4.38. The van der Waals surface area contributed by atoms with Crippen molar-refractivity contribution in [1.29, 1.82) is 0 Å². The van der Waals surface area contributed by atoms with E-state index in [1.54, 1.807) is 18.2 Å². The van der Waals surface area contributed by atoms with E-state index in [1.165, 1.54) is 7.11 Å². The van der Waals surface area contributed by atoms with Crippen LogP contribution in [0, 0.1) is 13.8 Å². The number of ether oxygens (including phenoxy) is 1. The number of nitrogens with two attached hydrogens (primary N) is 1. The van der Waals surface area contributed by atoms with Crippen molar-refractivity contribution in [3.8, 4) is 5.75 Å². The molecule has 0 aliphatic heterocycles. The van der Waals surface area contributed by atoms with Gasteiger partial charge in [-0.2, -0.15) is 0 Å². The number of amides is 1. The van der Waals surface area contributed by atoms with E-state index in [9.17, 15) is 4.79 Å². The maximum atomic E-state index is 12.4. The maximum Gasteiger partial charge on any atom is 0.259 e. The van der Waals surface area contributed by atoms with Gasteiger partial charge in [-0.1, -0.05) is 11.6 Å². The first-order valence-corrected chi connectivity index (χ1v) is 6.81. The van der Waals surface area contributed by atoms with Gasteiger partial charge in [0, 0.05) is 16.4 Å². The minimum Gasteiger partial charge on any atom is -0.496 e. The van der Waals surface area contributed by atoms with Crippen LogP contribution >= 0.6 is 11.6 Å². The molecule has 0 unspecified atom stereocenters. The second-order valence-corrected chi connectivity index (χ2v) is 5.26. The number of aryl methyl sites for hydroxylation is 2. The highest BCUT2D eigenvalue weighted by Crippen LogP contribution is 2.27. The van der Waals surface area contributed by atoms with Crippen LogP contribution in [-0.4, -0.2) is 13.0 Å². The highest BCUT2D eigenvalue weighted by Gasteiger charge is 2.15. The second-order valence-electron chi connectivity index (χ2n) is 4.83. The molecular weight excluding hydrogens is 288 g/mol. The molecule has 0 spiro atoms. The Morgan fingerprint density at radius 3 is 2.38 bits per heavy atom. The zero-order valence-corrected chi connectivity index (χ0v) is 12.9. The molecule has 2 aromatic rings. The number of benzene rings is 2. The quantitative estimate of drug-likeness (QED) is 0.848. The Balaban J connectivity index is 2.35. The summed E-state index contributed by atoms with van der Waals surface area (Å²) in [5.41, 5.74) is 9.46. The zero-order valence-electron chi connectivity index (χ0n) is 12.2. The number of carbonyl (C=O) groups excluding carboxylic acids is 1. The third kappa shape index (κ3) is 3.28. The van der Waals surface area contributed by atoms with Gasteiger partial charge in [-0.05, 0) is 55.3 Å². The van der Waals surface area contributed by atoms with Crippen molar-refractivity contribution in [2.24, 2.45) is 0 Å². The van der Waals surface area contributed by atoms with E-state index in [0.29, 0.717) is 22.0 Å². The van der Waals surface area contributed by atoms with Gasteiger partial charge in [0.2, 0.25) is 0 Å². The van der Waals surface area contributed by atoms with Crippen LogP contribution in [0.5, 0.6) is 5.75 Å². The van der Waals surface area contributed by atoms with Crippen LogP contribution in [0.2, 0.25) is 5.02 Å². The predicted octanol–water partition coefficient (Wildman–Crippen LogP) is 3.80. The maximum absolute atomic E-state index is 12.4. The minimum atomic E-state index is -0.250. The Hall–Kier alpha value is -2.20. The summed E-state index contributed by atoms with van der Waals surface area (Å²) in [4.78, 5) is 12.4. The standard InChI is InChI=1S/C16H17ClN2O2/c1-9-6-12(18)7-10(2)15(9)19-16(20)13-5-4-11(17)8-14(13)21-3/h4-8H,18H2,1-3H3,(H,19,20). The van der Waals surface area contributed by atoms with E-state index < -0.39 is 0 Å². The highest BCUT2D eigenvalue weighted by atomic mass is 35.5. The molecule has 0 aliphatic carbocycles. The molecular formula is C16H17ClN2O2. The summed E-state index contributed by atoms with van der Waals surface area (Å²) in [6.07, 6.45) is 0. The summed E-state index contributed by atoms with van der Waals surface area (Å²) in [5, 5.41) is 3.42. The lowest BCUT2D eigenvalue weighted by atomic mass is 10.1. The Labute approximate surface area is 128 Å². The highest BCUT2D eigenvalue weighted by molar-refractivity contribution is 6.31. The fraction of sp³-hybridized carbons (Fsp3) is 0.188. The van der Waals surface area contributed by atoms with E-state index in [1.807, 2.05) is 26.0 Å². The fourth-order valence-corrected chi connectivity index (χ4v) is 2.39. The van der Waals surface area contributed by atoms with E-state index in [0.717, 1.165) is 16.8 Å². The van der Waals surface area contributed by atoms with Crippen molar-refractivity contribution in [3.63, 3.8) is 0 Å². The van der Waals surface area contributed by atoms with E-state index >= 15 is 0 Å². The molecule has 3 N–H and O–H groups in total. The third-order valence-corrected chi connectivity index (χ3v) is 3.44. The molecule has 0 atom stereocenters.